The number of amides is 1. The molecule has 164 valence electrons. The van der Waals surface area contributed by atoms with Gasteiger partial charge in [0.2, 0.25) is 5.91 Å². The van der Waals surface area contributed by atoms with E-state index in [4.69, 9.17) is 0 Å². The second kappa shape index (κ2) is 8.70. The molecule has 1 aliphatic rings. The number of aromatic nitrogens is 4. The van der Waals surface area contributed by atoms with Crippen molar-refractivity contribution in [3.8, 4) is 0 Å². The van der Waals surface area contributed by atoms with Gasteiger partial charge in [-0.05, 0) is 53.6 Å². The summed E-state index contributed by atoms with van der Waals surface area (Å²) in [7, 11) is 0. The number of carbonyl (C=O) groups excluding carboxylic acids is 1. The fraction of sp³-hybridized carbons (Fsp3) is 0.154. The first-order valence-electron chi connectivity index (χ1n) is 10.8. The van der Waals surface area contributed by atoms with Crippen LogP contribution in [-0.2, 0) is 4.79 Å². The van der Waals surface area contributed by atoms with Crippen LogP contribution in [0.5, 0.6) is 0 Å². The van der Waals surface area contributed by atoms with E-state index in [0.717, 1.165) is 22.5 Å². The molecule has 0 spiro atoms. The number of anilines is 2. The Morgan fingerprint density at radius 3 is 2.27 bits per heavy atom. The summed E-state index contributed by atoms with van der Waals surface area (Å²) in [5, 5.41) is 15.4. The van der Waals surface area contributed by atoms with Crippen molar-refractivity contribution >= 4 is 23.2 Å². The molecule has 1 amide bonds. The number of hydrogen-bond donors (Lipinski definition) is 1. The highest BCUT2D eigenvalue weighted by molar-refractivity contribution is 5.97. The summed E-state index contributed by atoms with van der Waals surface area (Å²) < 4.78 is 1.76. The van der Waals surface area contributed by atoms with E-state index in [2.05, 4.69) is 89.3 Å². The molecule has 0 saturated carbocycles. The summed E-state index contributed by atoms with van der Waals surface area (Å²) in [6.07, 6.45) is 2.12. The van der Waals surface area contributed by atoms with E-state index < -0.39 is 0 Å². The van der Waals surface area contributed by atoms with Gasteiger partial charge in [0, 0.05) is 5.69 Å². The number of para-hydroxylation sites is 1. The third-order valence-corrected chi connectivity index (χ3v) is 5.71. The predicted octanol–water partition coefficient (Wildman–Crippen LogP) is 4.38. The average molecular weight is 437 g/mol. The number of nitrogens with one attached hydrogen (secondary N) is 1. The molecule has 7 nitrogen and oxygen atoms in total. The van der Waals surface area contributed by atoms with Crippen LogP contribution >= 0.6 is 0 Å². The van der Waals surface area contributed by atoms with Crippen molar-refractivity contribution in [1.29, 1.82) is 0 Å². The first-order chi connectivity index (χ1) is 16.1. The monoisotopic (exact) mass is 436 g/mol. The normalized spacial score (nSPS) is 15.0. The molecule has 0 radical (unpaired) electrons. The first kappa shape index (κ1) is 20.6. The minimum absolute atomic E-state index is 0.0790. The van der Waals surface area contributed by atoms with Gasteiger partial charge in [0.15, 0.2) is 0 Å². The number of allylic oxidation sites excluding steroid dienone is 1. The molecule has 1 aromatic heterocycles. The van der Waals surface area contributed by atoms with Gasteiger partial charge in [-0.1, -0.05) is 83.0 Å². The Balaban J connectivity index is 1.55. The zero-order valence-electron chi connectivity index (χ0n) is 18.5. The van der Waals surface area contributed by atoms with E-state index >= 15 is 0 Å². The summed E-state index contributed by atoms with van der Waals surface area (Å²) in [5.41, 5.74) is 6.08. The number of aryl methyl sites for hydroxylation is 2. The topological polar surface area (TPSA) is 75.9 Å². The third kappa shape index (κ3) is 4.25. The molecule has 1 unspecified atom stereocenters. The number of carbonyl (C=O) groups is 1. The average Bonchev–Trinajstić information content (AvgIpc) is 3.31. The van der Waals surface area contributed by atoms with Crippen molar-refractivity contribution in [3.05, 3.63) is 107 Å². The number of fused-ring (bicyclic) bond motifs is 1. The van der Waals surface area contributed by atoms with E-state index in [1.54, 1.807) is 4.68 Å². The van der Waals surface area contributed by atoms with Gasteiger partial charge in [-0.2, -0.15) is 4.68 Å². The molecule has 2 heterocycles. The number of nitrogens with zero attached hydrogens (tertiary/aromatic N) is 5. The molecule has 1 atom stereocenters. The molecule has 33 heavy (non-hydrogen) atoms. The minimum Gasteiger partial charge on any atom is -0.325 e. The Bertz CT molecular complexity index is 1290. The second-order valence-corrected chi connectivity index (χ2v) is 8.20. The zero-order valence-corrected chi connectivity index (χ0v) is 18.5. The van der Waals surface area contributed by atoms with Crippen LogP contribution < -0.4 is 10.2 Å². The van der Waals surface area contributed by atoms with Gasteiger partial charge in [0.25, 0.3) is 5.95 Å². The molecule has 1 aliphatic heterocycles. The molecule has 1 N–H and O–H groups in total. The molecule has 0 aliphatic carbocycles. The summed E-state index contributed by atoms with van der Waals surface area (Å²) in [6, 6.07) is 25.8. The maximum absolute atomic E-state index is 13.0. The molecule has 3 aromatic carbocycles. The van der Waals surface area contributed by atoms with Crippen molar-refractivity contribution in [2.75, 3.05) is 16.8 Å². The van der Waals surface area contributed by atoms with Crippen molar-refractivity contribution in [1.82, 2.24) is 20.2 Å². The Kier molecular flexibility index (Phi) is 5.44. The lowest BCUT2D eigenvalue weighted by Crippen LogP contribution is -2.37. The van der Waals surface area contributed by atoms with Gasteiger partial charge in [0.05, 0.1) is 5.70 Å². The van der Waals surface area contributed by atoms with Crippen LogP contribution in [0.3, 0.4) is 0 Å². The Labute approximate surface area is 192 Å². The van der Waals surface area contributed by atoms with Crippen LogP contribution in [-0.4, -0.2) is 32.7 Å². The lowest BCUT2D eigenvalue weighted by molar-refractivity contribution is -0.114. The largest absolute Gasteiger partial charge is 0.325 e. The third-order valence-electron chi connectivity index (χ3n) is 5.71. The Morgan fingerprint density at radius 2 is 1.58 bits per heavy atom. The molecular formula is C26H24N6O. The van der Waals surface area contributed by atoms with E-state index in [1.807, 2.05) is 35.2 Å². The molecule has 0 bridgehead atoms. The fourth-order valence-corrected chi connectivity index (χ4v) is 3.96. The van der Waals surface area contributed by atoms with Gasteiger partial charge in [-0.25, -0.2) is 0 Å². The summed E-state index contributed by atoms with van der Waals surface area (Å²) in [4.78, 5) is 14.8. The highest BCUT2D eigenvalue weighted by atomic mass is 16.2. The van der Waals surface area contributed by atoms with Gasteiger partial charge in [-0.3, -0.25) is 9.69 Å². The molecular weight excluding hydrogens is 412 g/mol. The molecule has 4 aromatic rings. The number of hydrogen-bond acceptors (Lipinski definition) is 5. The quantitative estimate of drug-likeness (QED) is 0.503. The number of rotatable bonds is 5. The van der Waals surface area contributed by atoms with E-state index in [0.29, 0.717) is 5.95 Å². The van der Waals surface area contributed by atoms with Crippen LogP contribution in [0.1, 0.15) is 28.3 Å². The molecule has 0 fully saturated rings. The summed E-state index contributed by atoms with van der Waals surface area (Å²) in [6.45, 7) is 4.20. The second-order valence-electron chi connectivity index (χ2n) is 8.20. The van der Waals surface area contributed by atoms with Crippen molar-refractivity contribution in [3.63, 3.8) is 0 Å². The van der Waals surface area contributed by atoms with Crippen LogP contribution in [0.4, 0.5) is 11.6 Å². The van der Waals surface area contributed by atoms with Crippen molar-refractivity contribution in [2.24, 2.45) is 0 Å². The fourth-order valence-electron chi connectivity index (χ4n) is 3.96. The lowest BCUT2D eigenvalue weighted by Gasteiger charge is -2.32. The van der Waals surface area contributed by atoms with Crippen molar-refractivity contribution < 1.29 is 4.79 Å². The number of benzene rings is 3. The van der Waals surface area contributed by atoms with Crippen molar-refractivity contribution in [2.45, 2.75) is 19.9 Å². The zero-order chi connectivity index (χ0) is 22.8. The first-order valence-corrected chi connectivity index (χ1v) is 10.8. The minimum atomic E-state index is -0.180. The summed E-state index contributed by atoms with van der Waals surface area (Å²) >= 11 is 0. The molecule has 5 rings (SSSR count). The molecule has 7 heteroatoms. The number of tetrazole rings is 1. The standard InChI is InChI=1S/C26H24N6O/c1-18-8-12-20(13-9-18)23-16-24(21-14-10-19(2)11-15-21)32-26(28-29-30-32)31(23)17-25(33)27-22-6-4-3-5-7-22/h3-16,24H,17H2,1-2H3,(H,27,33). The van der Waals surface area contributed by atoms with Crippen LogP contribution in [0, 0.1) is 13.8 Å². The smallest absolute Gasteiger partial charge is 0.251 e. The maximum Gasteiger partial charge on any atom is 0.251 e. The van der Waals surface area contributed by atoms with E-state index in [9.17, 15) is 4.79 Å². The van der Waals surface area contributed by atoms with Gasteiger partial charge in [0.1, 0.15) is 12.6 Å². The maximum atomic E-state index is 13.0. The SMILES string of the molecule is Cc1ccc(C2=CC(c3ccc(C)cc3)n3nnnc3N2CC(=O)Nc2ccccc2)cc1. The van der Waals surface area contributed by atoms with Crippen LogP contribution in [0.15, 0.2) is 84.9 Å². The van der Waals surface area contributed by atoms with Crippen LogP contribution in [0.25, 0.3) is 5.70 Å². The predicted molar refractivity (Wildman–Crippen MR) is 129 cm³/mol. The highest BCUT2D eigenvalue weighted by Gasteiger charge is 2.31. The Hall–Kier alpha value is -4.26. The van der Waals surface area contributed by atoms with Gasteiger partial charge in [-0.15, -0.1) is 0 Å². The highest BCUT2D eigenvalue weighted by Crippen LogP contribution is 2.36. The van der Waals surface area contributed by atoms with E-state index in [-0.39, 0.29) is 18.5 Å². The lowest BCUT2D eigenvalue weighted by atomic mass is 9.99. The Morgan fingerprint density at radius 1 is 0.909 bits per heavy atom. The van der Waals surface area contributed by atoms with E-state index in [1.165, 1.54) is 11.1 Å². The van der Waals surface area contributed by atoms with Gasteiger partial charge >= 0.3 is 0 Å². The van der Waals surface area contributed by atoms with Crippen LogP contribution in [0.2, 0.25) is 0 Å². The van der Waals surface area contributed by atoms with Gasteiger partial charge < -0.3 is 5.32 Å². The molecule has 0 saturated heterocycles. The summed E-state index contributed by atoms with van der Waals surface area (Å²) in [5.74, 6) is 0.379.